The van der Waals surface area contributed by atoms with E-state index < -0.39 is 0 Å². The number of carbonyl (C=O) groups excluding carboxylic acids is 1. The number of rotatable bonds is 6. The van der Waals surface area contributed by atoms with Crippen LogP contribution in [0.5, 0.6) is 0 Å². The highest BCUT2D eigenvalue weighted by atomic mass is 16.6. The molecule has 0 atom stereocenters. The third-order valence-corrected chi connectivity index (χ3v) is 3.22. The number of nitro groups is 1. The Balaban J connectivity index is 2.13. The number of ether oxygens (including phenoxy) is 1. The number of hydrogen-bond donors (Lipinski definition) is 0. The predicted octanol–water partition coefficient (Wildman–Crippen LogP) is 3.80. The van der Waals surface area contributed by atoms with Crippen LogP contribution in [0.4, 0.5) is 0 Å². The van der Waals surface area contributed by atoms with Crippen molar-refractivity contribution in [1.29, 1.82) is 0 Å². The summed E-state index contributed by atoms with van der Waals surface area (Å²) in [6.45, 7) is 1.51. The molecule has 0 amide bonds. The monoisotopic (exact) mass is 299 g/mol. The lowest BCUT2D eigenvalue weighted by Crippen LogP contribution is -2.04. The van der Waals surface area contributed by atoms with E-state index >= 15 is 0 Å². The summed E-state index contributed by atoms with van der Waals surface area (Å²) >= 11 is 0. The Kier molecular flexibility index (Phi) is 5.25. The third kappa shape index (κ3) is 4.41. The number of fused-ring (bicyclic) bond motifs is 1. The van der Waals surface area contributed by atoms with Crippen LogP contribution in [0.15, 0.2) is 48.2 Å². The molecule has 114 valence electrons. The normalized spacial score (nSPS) is 11.4. The van der Waals surface area contributed by atoms with E-state index in [0.717, 1.165) is 16.3 Å². The molecule has 0 heterocycles. The molecule has 0 aliphatic rings. The van der Waals surface area contributed by atoms with Crippen molar-refractivity contribution in [2.45, 2.75) is 19.8 Å². The van der Waals surface area contributed by atoms with Crippen LogP contribution in [0.1, 0.15) is 25.3 Å². The lowest BCUT2D eigenvalue weighted by Gasteiger charge is -2.02. The number of hydrogen-bond acceptors (Lipinski definition) is 4. The van der Waals surface area contributed by atoms with Gasteiger partial charge in [-0.2, -0.15) is 0 Å². The molecule has 0 aliphatic heterocycles. The maximum absolute atomic E-state index is 11.1. The quantitative estimate of drug-likeness (QED) is 0.352. The van der Waals surface area contributed by atoms with Crippen molar-refractivity contribution in [2.75, 3.05) is 6.61 Å². The summed E-state index contributed by atoms with van der Waals surface area (Å²) in [5.41, 5.74) is 0.903. The molecule has 0 saturated carbocycles. The maximum Gasteiger partial charge on any atom is 0.302 e. The van der Waals surface area contributed by atoms with E-state index in [9.17, 15) is 14.9 Å². The Morgan fingerprint density at radius 2 is 1.95 bits per heavy atom. The minimum absolute atomic E-state index is 0.113. The maximum atomic E-state index is 11.1. The van der Waals surface area contributed by atoms with Gasteiger partial charge in [-0.05, 0) is 28.8 Å². The minimum Gasteiger partial charge on any atom is -0.466 e. The van der Waals surface area contributed by atoms with Crippen LogP contribution in [-0.4, -0.2) is 17.5 Å². The zero-order valence-corrected chi connectivity index (χ0v) is 12.3. The van der Waals surface area contributed by atoms with E-state index in [1.165, 1.54) is 6.92 Å². The molecular formula is C17H17NO4. The van der Waals surface area contributed by atoms with Crippen LogP contribution in [0.3, 0.4) is 0 Å². The fourth-order valence-electron chi connectivity index (χ4n) is 2.18. The number of allylic oxidation sites excluding steroid dienone is 1. The number of benzene rings is 2. The summed E-state index contributed by atoms with van der Waals surface area (Å²) in [5, 5.41) is 13.3. The molecule has 5 heteroatoms. The number of esters is 1. The molecule has 0 N–H and O–H groups in total. The molecule has 5 nitrogen and oxygen atoms in total. The van der Waals surface area contributed by atoms with Crippen LogP contribution < -0.4 is 0 Å². The first-order chi connectivity index (χ1) is 10.6. The topological polar surface area (TPSA) is 69.4 Å². The summed E-state index contributed by atoms with van der Waals surface area (Å²) in [7, 11) is 0. The van der Waals surface area contributed by atoms with E-state index in [0.29, 0.717) is 6.42 Å². The van der Waals surface area contributed by atoms with Gasteiger partial charge < -0.3 is 4.74 Å². The van der Waals surface area contributed by atoms with Crippen molar-refractivity contribution in [3.8, 4) is 0 Å². The first-order valence-electron chi connectivity index (χ1n) is 7.03. The molecule has 0 unspecified atom stereocenters. The van der Waals surface area contributed by atoms with Gasteiger partial charge in [0.1, 0.15) is 0 Å². The second-order valence-electron chi connectivity index (χ2n) is 4.94. The molecular weight excluding hydrogens is 282 g/mol. The zero-order valence-electron chi connectivity index (χ0n) is 12.3. The van der Waals surface area contributed by atoms with Crippen molar-refractivity contribution in [1.82, 2.24) is 0 Å². The fourth-order valence-corrected chi connectivity index (χ4v) is 2.18. The van der Waals surface area contributed by atoms with Crippen LogP contribution in [0, 0.1) is 10.1 Å². The molecule has 0 radical (unpaired) electrons. The summed E-state index contributed by atoms with van der Waals surface area (Å²) in [5.74, 6) is -0.374. The average molecular weight is 299 g/mol. The Morgan fingerprint density at radius 3 is 2.64 bits per heavy atom. The second-order valence-corrected chi connectivity index (χ2v) is 4.94. The predicted molar refractivity (Wildman–Crippen MR) is 84.8 cm³/mol. The lowest BCUT2D eigenvalue weighted by molar-refractivity contribution is -0.426. The highest BCUT2D eigenvalue weighted by Gasteiger charge is 2.11. The third-order valence-electron chi connectivity index (χ3n) is 3.22. The average Bonchev–Trinajstić information content (AvgIpc) is 2.49. The SMILES string of the molecule is CC(=O)OCCC/C(=C/c1ccc2ccccc2c1)[N+](=O)[O-]. The second kappa shape index (κ2) is 7.36. The van der Waals surface area contributed by atoms with Crippen molar-refractivity contribution in [3.63, 3.8) is 0 Å². The van der Waals surface area contributed by atoms with Gasteiger partial charge in [0.2, 0.25) is 5.70 Å². The van der Waals surface area contributed by atoms with Gasteiger partial charge in [-0.3, -0.25) is 14.9 Å². The molecule has 0 saturated heterocycles. The van der Waals surface area contributed by atoms with Gasteiger partial charge in [0.05, 0.1) is 11.5 Å². The number of carbonyl (C=O) groups is 1. The van der Waals surface area contributed by atoms with E-state index in [4.69, 9.17) is 4.74 Å². The molecule has 0 fully saturated rings. The largest absolute Gasteiger partial charge is 0.466 e. The molecule has 0 spiro atoms. The van der Waals surface area contributed by atoms with Crippen LogP contribution in [0.25, 0.3) is 16.8 Å². The lowest BCUT2D eigenvalue weighted by atomic mass is 10.1. The van der Waals surface area contributed by atoms with E-state index in [1.807, 2.05) is 42.5 Å². The van der Waals surface area contributed by atoms with Gasteiger partial charge in [0.25, 0.3) is 0 Å². The summed E-state index contributed by atoms with van der Waals surface area (Å²) in [6, 6.07) is 13.6. The molecule has 22 heavy (non-hydrogen) atoms. The summed E-state index contributed by atoms with van der Waals surface area (Å²) in [4.78, 5) is 21.4. The first-order valence-corrected chi connectivity index (χ1v) is 7.03. The molecule has 2 aromatic carbocycles. The molecule has 0 bridgehead atoms. The molecule has 2 aromatic rings. The van der Waals surface area contributed by atoms with Gasteiger partial charge in [-0.25, -0.2) is 0 Å². The van der Waals surface area contributed by atoms with Crippen LogP contribution in [-0.2, 0) is 9.53 Å². The van der Waals surface area contributed by atoms with Crippen molar-refractivity contribution >= 4 is 22.8 Å². The summed E-state index contributed by atoms with van der Waals surface area (Å²) < 4.78 is 4.79. The van der Waals surface area contributed by atoms with Gasteiger partial charge in [-0.15, -0.1) is 0 Å². The fraction of sp³-hybridized carbons (Fsp3) is 0.235. The standard InChI is InChI=1S/C17H17NO4/c1-13(19)22-10-4-7-17(18(20)21)12-14-8-9-15-5-2-3-6-16(15)11-14/h2-3,5-6,8-9,11-12H,4,7,10H2,1H3/b17-12-. The Hall–Kier alpha value is -2.69. The van der Waals surface area contributed by atoms with Gasteiger partial charge >= 0.3 is 5.97 Å². The van der Waals surface area contributed by atoms with Crippen molar-refractivity contribution < 1.29 is 14.5 Å². The number of nitrogens with zero attached hydrogens (tertiary/aromatic N) is 1. The van der Waals surface area contributed by atoms with Crippen LogP contribution in [0.2, 0.25) is 0 Å². The van der Waals surface area contributed by atoms with Gasteiger partial charge in [-0.1, -0.05) is 36.4 Å². The van der Waals surface area contributed by atoms with E-state index in [2.05, 4.69) is 0 Å². The Bertz CT molecular complexity index is 721. The van der Waals surface area contributed by atoms with Gasteiger partial charge in [0, 0.05) is 19.4 Å². The van der Waals surface area contributed by atoms with Gasteiger partial charge in [0.15, 0.2) is 0 Å². The molecule has 0 aromatic heterocycles. The minimum atomic E-state index is -0.386. The van der Waals surface area contributed by atoms with Crippen molar-refractivity contribution in [3.05, 3.63) is 63.8 Å². The zero-order chi connectivity index (χ0) is 15.9. The van der Waals surface area contributed by atoms with E-state index in [-0.39, 0.29) is 29.6 Å². The highest BCUT2D eigenvalue weighted by molar-refractivity contribution is 5.84. The molecule has 0 aliphatic carbocycles. The first kappa shape index (κ1) is 15.7. The smallest absolute Gasteiger partial charge is 0.302 e. The van der Waals surface area contributed by atoms with E-state index in [1.54, 1.807) is 6.08 Å². The van der Waals surface area contributed by atoms with Crippen LogP contribution >= 0.6 is 0 Å². The van der Waals surface area contributed by atoms with Crippen molar-refractivity contribution in [2.24, 2.45) is 0 Å². The summed E-state index contributed by atoms with van der Waals surface area (Å²) in [6.07, 6.45) is 2.26. The molecule has 2 rings (SSSR count). The highest BCUT2D eigenvalue weighted by Crippen LogP contribution is 2.19. The Labute approximate surface area is 128 Å². The Morgan fingerprint density at radius 1 is 1.23 bits per heavy atom.